The van der Waals surface area contributed by atoms with E-state index in [9.17, 15) is 24.0 Å². The molecule has 13 heteroatoms. The van der Waals surface area contributed by atoms with Gasteiger partial charge in [0.05, 0.1) is 6.04 Å². The molecule has 2 rings (SSSR count). The second kappa shape index (κ2) is 21.5. The smallest absolute Gasteiger partial charge is 0.303 e. The lowest BCUT2D eigenvalue weighted by atomic mass is 10.0. The lowest BCUT2D eigenvalue weighted by molar-refractivity contribution is -0.137. The summed E-state index contributed by atoms with van der Waals surface area (Å²) in [7, 11) is 0. The number of aliphatic carboxylic acids is 1. The third-order valence-electron chi connectivity index (χ3n) is 7.70. The molecule has 0 aliphatic heterocycles. The number of rotatable bonds is 22. The van der Waals surface area contributed by atoms with Gasteiger partial charge < -0.3 is 43.6 Å². The molecule has 0 unspecified atom stereocenters. The van der Waals surface area contributed by atoms with E-state index < -0.39 is 59.8 Å². The van der Waals surface area contributed by atoms with Crippen LogP contribution in [0, 0.1) is 0 Å². The van der Waals surface area contributed by atoms with Crippen molar-refractivity contribution >= 4 is 29.6 Å². The molecule has 0 saturated carbocycles. The molecule has 0 spiro atoms. The maximum Gasteiger partial charge on any atom is 0.303 e. The van der Waals surface area contributed by atoms with E-state index in [1.54, 1.807) is 0 Å². The minimum absolute atomic E-state index is 0.0231. The van der Waals surface area contributed by atoms with Crippen LogP contribution in [0.15, 0.2) is 60.7 Å². The minimum atomic E-state index is -1.03. The summed E-state index contributed by atoms with van der Waals surface area (Å²) in [5.41, 5.74) is 19.3. The van der Waals surface area contributed by atoms with E-state index in [1.165, 1.54) is 0 Å². The average Bonchev–Trinajstić information content (AvgIpc) is 3.06. The van der Waals surface area contributed by atoms with Crippen molar-refractivity contribution in [1.29, 1.82) is 0 Å². The van der Waals surface area contributed by atoms with Crippen LogP contribution in [0.4, 0.5) is 0 Å². The van der Waals surface area contributed by atoms with Gasteiger partial charge >= 0.3 is 5.97 Å². The van der Waals surface area contributed by atoms with Crippen molar-refractivity contribution < 1.29 is 29.1 Å². The number of hydrogen-bond acceptors (Lipinski definition) is 8. The molecule has 13 nitrogen and oxygen atoms in total. The van der Waals surface area contributed by atoms with Gasteiger partial charge in [0.25, 0.3) is 0 Å². The Balaban J connectivity index is 2.21. The lowest BCUT2D eigenvalue weighted by Gasteiger charge is -2.27. The van der Waals surface area contributed by atoms with Gasteiger partial charge in [-0.25, -0.2) is 0 Å². The molecule has 4 amide bonds. The Kier molecular flexibility index (Phi) is 17.7. The first-order valence-corrected chi connectivity index (χ1v) is 16.2. The summed E-state index contributed by atoms with van der Waals surface area (Å²) >= 11 is 0. The van der Waals surface area contributed by atoms with Crippen LogP contribution >= 0.6 is 0 Å². The molecule has 5 atom stereocenters. The molecule has 258 valence electrons. The molecule has 2 aromatic rings. The Morgan fingerprint density at radius 1 is 0.660 bits per heavy atom. The van der Waals surface area contributed by atoms with E-state index in [-0.39, 0.29) is 45.2 Å². The summed E-state index contributed by atoms with van der Waals surface area (Å²) in [6.07, 6.45) is 2.71. The number of nitrogens with one attached hydrogen (secondary N) is 4. The number of unbranched alkanes of at least 4 members (excludes halogenated alkanes) is 1. The molecular formula is C34H51N7O6. The maximum absolute atomic E-state index is 13.7. The fourth-order valence-electron chi connectivity index (χ4n) is 4.96. The summed E-state index contributed by atoms with van der Waals surface area (Å²) in [6, 6.07) is 14.0. The third-order valence-corrected chi connectivity index (χ3v) is 7.70. The minimum Gasteiger partial charge on any atom is -0.481 e. The Labute approximate surface area is 276 Å². The van der Waals surface area contributed by atoms with Gasteiger partial charge in [-0.15, -0.1) is 0 Å². The van der Waals surface area contributed by atoms with Gasteiger partial charge in [0, 0.05) is 25.4 Å². The summed E-state index contributed by atoms with van der Waals surface area (Å²) in [4.78, 5) is 64.7. The normalized spacial score (nSPS) is 14.1. The molecule has 11 N–H and O–H groups in total. The van der Waals surface area contributed by atoms with Crippen LogP contribution in [0.3, 0.4) is 0 Å². The number of hydrogen-bond donors (Lipinski definition) is 8. The average molecular weight is 654 g/mol. The fourth-order valence-corrected chi connectivity index (χ4v) is 4.96. The number of nitrogens with two attached hydrogens (primary N) is 3. The van der Waals surface area contributed by atoms with E-state index in [1.807, 2.05) is 67.6 Å². The van der Waals surface area contributed by atoms with Crippen molar-refractivity contribution in [3.05, 3.63) is 71.8 Å². The zero-order valence-corrected chi connectivity index (χ0v) is 27.2. The highest BCUT2D eigenvalue weighted by Crippen LogP contribution is 2.09. The molecule has 0 aromatic heterocycles. The molecule has 47 heavy (non-hydrogen) atoms. The van der Waals surface area contributed by atoms with E-state index >= 15 is 0 Å². The van der Waals surface area contributed by atoms with Gasteiger partial charge in [-0.3, -0.25) is 24.0 Å². The van der Waals surface area contributed by atoms with Crippen LogP contribution in [0.25, 0.3) is 0 Å². The van der Waals surface area contributed by atoms with Gasteiger partial charge in [-0.05, 0) is 49.8 Å². The lowest BCUT2D eigenvalue weighted by Crippen LogP contribution is -2.59. The quantitative estimate of drug-likeness (QED) is 0.0882. The van der Waals surface area contributed by atoms with Gasteiger partial charge in [-0.2, -0.15) is 0 Å². The van der Waals surface area contributed by atoms with Crippen LogP contribution < -0.4 is 38.5 Å². The third kappa shape index (κ3) is 14.8. The first kappa shape index (κ1) is 38.9. The molecule has 0 saturated heterocycles. The first-order valence-electron chi connectivity index (χ1n) is 16.2. The molecule has 0 aliphatic rings. The molecular weight excluding hydrogens is 602 g/mol. The molecule has 0 bridgehead atoms. The summed E-state index contributed by atoms with van der Waals surface area (Å²) in [6.45, 7) is 2.25. The highest BCUT2D eigenvalue weighted by molar-refractivity contribution is 5.95. The summed E-state index contributed by atoms with van der Waals surface area (Å²) < 4.78 is 0. The Bertz CT molecular complexity index is 1260. The van der Waals surface area contributed by atoms with Gasteiger partial charge in [-0.1, -0.05) is 80.4 Å². The zero-order chi connectivity index (χ0) is 34.6. The standard InChI is InChI=1S/C34H51N7O6/c1-2-3-15-27(33(46)39-28(16-10-19-35)32(45)38-25(22-36)17-18-30(42)43)40-34(47)29(21-24-13-8-5-9-14-24)41-31(44)26(37)20-23-11-6-4-7-12-23/h4-9,11-14,25-29H,2-3,10,15-22,35-37H2,1H3,(H,38,45)(H,39,46)(H,40,47)(H,41,44)(H,42,43)/t25-,26-,27-,28-,29-/m1/s1. The first-order chi connectivity index (χ1) is 22.6. The largest absolute Gasteiger partial charge is 0.481 e. The topological polar surface area (TPSA) is 232 Å². The zero-order valence-electron chi connectivity index (χ0n) is 27.2. The van der Waals surface area contributed by atoms with E-state index in [4.69, 9.17) is 22.3 Å². The monoisotopic (exact) mass is 653 g/mol. The van der Waals surface area contributed by atoms with E-state index in [0.717, 1.165) is 17.5 Å². The highest BCUT2D eigenvalue weighted by Gasteiger charge is 2.31. The number of carbonyl (C=O) groups excluding carboxylic acids is 4. The highest BCUT2D eigenvalue weighted by atomic mass is 16.4. The van der Waals surface area contributed by atoms with Crippen LogP contribution in [0.1, 0.15) is 63.0 Å². The molecule has 0 fully saturated rings. The van der Waals surface area contributed by atoms with Crippen LogP contribution in [-0.4, -0.2) is 78.0 Å². The van der Waals surface area contributed by atoms with Gasteiger partial charge in [0.1, 0.15) is 18.1 Å². The Morgan fingerprint density at radius 3 is 1.66 bits per heavy atom. The molecule has 0 heterocycles. The number of benzene rings is 2. The van der Waals surface area contributed by atoms with E-state index in [0.29, 0.717) is 19.3 Å². The Morgan fingerprint density at radius 2 is 1.15 bits per heavy atom. The van der Waals surface area contributed by atoms with Gasteiger partial charge in [0.2, 0.25) is 23.6 Å². The Hall–Kier alpha value is -4.33. The molecule has 2 aromatic carbocycles. The second-order valence-electron chi connectivity index (χ2n) is 11.6. The second-order valence-corrected chi connectivity index (χ2v) is 11.6. The maximum atomic E-state index is 13.7. The van der Waals surface area contributed by atoms with Crippen LogP contribution in [-0.2, 0) is 36.8 Å². The fraction of sp³-hybridized carbons (Fsp3) is 0.500. The molecule has 0 radical (unpaired) electrons. The van der Waals surface area contributed by atoms with Crippen molar-refractivity contribution in [2.24, 2.45) is 17.2 Å². The predicted molar refractivity (Wildman–Crippen MR) is 180 cm³/mol. The number of carbonyl (C=O) groups is 5. The van der Waals surface area contributed by atoms with Crippen LogP contribution in [0.2, 0.25) is 0 Å². The number of carboxylic acid groups (broad SMARTS) is 1. The van der Waals surface area contributed by atoms with E-state index in [2.05, 4.69) is 21.3 Å². The number of amides is 4. The van der Waals surface area contributed by atoms with Crippen LogP contribution in [0.5, 0.6) is 0 Å². The summed E-state index contributed by atoms with van der Waals surface area (Å²) in [5, 5.41) is 20.1. The van der Waals surface area contributed by atoms with Crippen molar-refractivity contribution in [2.45, 2.75) is 94.9 Å². The summed E-state index contributed by atoms with van der Waals surface area (Å²) in [5.74, 6) is -3.17. The number of carboxylic acids is 1. The SMILES string of the molecule is CCCC[C@@H](NC(=O)[C@@H](Cc1ccccc1)NC(=O)[C@H](N)Cc1ccccc1)C(=O)N[C@H](CCCN)C(=O)N[C@@H](CN)CCC(=O)O. The van der Waals surface area contributed by atoms with Crippen molar-refractivity contribution in [3.63, 3.8) is 0 Å². The predicted octanol–water partition coefficient (Wildman–Crippen LogP) is 0.491. The van der Waals surface area contributed by atoms with Crippen molar-refractivity contribution in [1.82, 2.24) is 21.3 Å². The van der Waals surface area contributed by atoms with Crippen molar-refractivity contribution in [2.75, 3.05) is 13.1 Å². The van der Waals surface area contributed by atoms with Crippen molar-refractivity contribution in [3.8, 4) is 0 Å². The van der Waals surface area contributed by atoms with Gasteiger partial charge in [0.15, 0.2) is 0 Å². The molecule has 0 aliphatic carbocycles.